The summed E-state index contributed by atoms with van der Waals surface area (Å²) in [5, 5.41) is 11.3. The Morgan fingerprint density at radius 1 is 1.15 bits per heavy atom. The van der Waals surface area contributed by atoms with Crippen LogP contribution in [0.5, 0.6) is 0 Å². The number of hydrogen-bond acceptors (Lipinski definition) is 3. The third-order valence-electron chi connectivity index (χ3n) is 4.55. The van der Waals surface area contributed by atoms with Gasteiger partial charge in [-0.1, -0.05) is 18.2 Å². The van der Waals surface area contributed by atoms with Crippen LogP contribution in [-0.4, -0.2) is 21.3 Å². The van der Waals surface area contributed by atoms with Crippen molar-refractivity contribution in [2.45, 2.75) is 12.8 Å². The highest BCUT2D eigenvalue weighted by Gasteiger charge is 2.35. The van der Waals surface area contributed by atoms with E-state index in [1.807, 2.05) is 4.57 Å². The van der Waals surface area contributed by atoms with Crippen LogP contribution in [0.3, 0.4) is 0 Å². The van der Waals surface area contributed by atoms with Gasteiger partial charge < -0.3 is 5.32 Å². The van der Waals surface area contributed by atoms with Crippen molar-refractivity contribution >= 4 is 5.69 Å². The molecule has 2 aromatic rings. The van der Waals surface area contributed by atoms with Crippen LogP contribution in [0.15, 0.2) is 49.1 Å². The summed E-state index contributed by atoms with van der Waals surface area (Å²) in [6.07, 6.45) is 11.0. The monoisotopic (exact) mass is 266 g/mol. The average Bonchev–Trinajstić information content (AvgIpc) is 3.22. The van der Waals surface area contributed by atoms with Gasteiger partial charge in [0.15, 0.2) is 0 Å². The number of nitrogens with one attached hydrogen (secondary N) is 1. The first-order valence-electron chi connectivity index (χ1n) is 7.26. The molecule has 0 amide bonds. The van der Waals surface area contributed by atoms with Gasteiger partial charge in [0.2, 0.25) is 0 Å². The van der Waals surface area contributed by atoms with Crippen molar-refractivity contribution in [2.75, 3.05) is 11.9 Å². The lowest BCUT2D eigenvalue weighted by molar-refractivity contribution is 0.472. The molecular formula is C16H18N4. The molecular weight excluding hydrogens is 248 g/mol. The number of nitrogens with zero attached hydrogens (tertiary/aromatic N) is 3. The fourth-order valence-electron chi connectivity index (χ4n) is 3.49. The number of aromatic nitrogens is 3. The zero-order valence-corrected chi connectivity index (χ0v) is 11.3. The third kappa shape index (κ3) is 2.11. The van der Waals surface area contributed by atoms with Gasteiger partial charge in [-0.3, -0.25) is 4.57 Å². The molecule has 2 bridgehead atoms. The molecule has 102 valence electrons. The molecule has 4 heteroatoms. The normalized spacial score (nSPS) is 27.1. The van der Waals surface area contributed by atoms with Crippen LogP contribution in [-0.2, 0) is 0 Å². The van der Waals surface area contributed by atoms with E-state index in [0.717, 1.165) is 30.0 Å². The van der Waals surface area contributed by atoms with Gasteiger partial charge in [0.25, 0.3) is 0 Å². The van der Waals surface area contributed by atoms with Gasteiger partial charge in [0, 0.05) is 12.2 Å². The fraction of sp³-hybridized carbons (Fsp3) is 0.375. The molecule has 1 fully saturated rings. The minimum Gasteiger partial charge on any atom is -0.385 e. The lowest BCUT2D eigenvalue weighted by Crippen LogP contribution is -2.18. The maximum atomic E-state index is 3.85. The smallest absolute Gasteiger partial charge is 0.123 e. The quantitative estimate of drug-likeness (QED) is 0.865. The molecule has 0 radical (unpaired) electrons. The standard InChI is InChI=1S/C16H18N4/c1-2-15(8-16(3-1)20-10-18-19-11-20)17-9-14-7-12-4-5-13(14)6-12/h1-5,8,10-14,17H,6-7,9H2. The first-order chi connectivity index (χ1) is 9.88. The summed E-state index contributed by atoms with van der Waals surface area (Å²) in [6, 6.07) is 8.40. The number of rotatable bonds is 4. The van der Waals surface area contributed by atoms with E-state index in [-0.39, 0.29) is 0 Å². The largest absolute Gasteiger partial charge is 0.385 e. The molecule has 0 aliphatic heterocycles. The van der Waals surface area contributed by atoms with E-state index in [1.165, 1.54) is 18.5 Å². The molecule has 1 aromatic heterocycles. The lowest BCUT2D eigenvalue weighted by Gasteiger charge is -2.19. The predicted molar refractivity (Wildman–Crippen MR) is 78.7 cm³/mol. The maximum absolute atomic E-state index is 3.85. The van der Waals surface area contributed by atoms with Crippen molar-refractivity contribution in [3.05, 3.63) is 49.1 Å². The first-order valence-corrected chi connectivity index (χ1v) is 7.26. The van der Waals surface area contributed by atoms with Crippen LogP contribution in [0.2, 0.25) is 0 Å². The van der Waals surface area contributed by atoms with E-state index in [2.05, 4.69) is 51.9 Å². The Kier molecular flexibility index (Phi) is 2.80. The minimum absolute atomic E-state index is 0.795. The van der Waals surface area contributed by atoms with Gasteiger partial charge in [-0.05, 0) is 48.8 Å². The summed E-state index contributed by atoms with van der Waals surface area (Å²) in [7, 11) is 0. The van der Waals surface area contributed by atoms with Gasteiger partial charge in [-0.15, -0.1) is 10.2 Å². The molecule has 0 saturated heterocycles. The van der Waals surface area contributed by atoms with Crippen molar-refractivity contribution in [3.8, 4) is 5.69 Å². The number of hydrogen-bond donors (Lipinski definition) is 1. The second-order valence-electron chi connectivity index (χ2n) is 5.84. The van der Waals surface area contributed by atoms with Gasteiger partial charge in [-0.25, -0.2) is 0 Å². The highest BCUT2D eigenvalue weighted by molar-refractivity contribution is 5.51. The van der Waals surface area contributed by atoms with E-state index >= 15 is 0 Å². The Labute approximate surface area is 118 Å². The molecule has 20 heavy (non-hydrogen) atoms. The number of allylic oxidation sites excluding steroid dienone is 2. The topological polar surface area (TPSA) is 42.7 Å². The lowest BCUT2D eigenvalue weighted by atomic mass is 9.93. The van der Waals surface area contributed by atoms with Crippen molar-refractivity contribution in [3.63, 3.8) is 0 Å². The second-order valence-corrected chi connectivity index (χ2v) is 5.84. The molecule has 3 unspecified atom stereocenters. The second kappa shape index (κ2) is 4.78. The summed E-state index contributed by atoms with van der Waals surface area (Å²) in [5.41, 5.74) is 2.26. The molecule has 1 aromatic carbocycles. The third-order valence-corrected chi connectivity index (χ3v) is 4.55. The minimum atomic E-state index is 0.795. The van der Waals surface area contributed by atoms with E-state index in [0.29, 0.717) is 0 Å². The van der Waals surface area contributed by atoms with Crippen LogP contribution >= 0.6 is 0 Å². The average molecular weight is 266 g/mol. The SMILES string of the molecule is C1=CC2CC1CC2CNc1cccc(-n2cnnc2)c1. The van der Waals surface area contributed by atoms with Gasteiger partial charge in [-0.2, -0.15) is 0 Å². The van der Waals surface area contributed by atoms with Crippen LogP contribution in [0.25, 0.3) is 5.69 Å². The van der Waals surface area contributed by atoms with Gasteiger partial charge in [0.05, 0.1) is 5.69 Å². The number of anilines is 1. The Morgan fingerprint density at radius 3 is 2.80 bits per heavy atom. The highest BCUT2D eigenvalue weighted by atomic mass is 15.2. The van der Waals surface area contributed by atoms with Crippen molar-refractivity contribution in [1.29, 1.82) is 0 Å². The van der Waals surface area contributed by atoms with Gasteiger partial charge >= 0.3 is 0 Å². The van der Waals surface area contributed by atoms with E-state index < -0.39 is 0 Å². The Hall–Kier alpha value is -2.10. The van der Waals surface area contributed by atoms with Crippen LogP contribution in [0.4, 0.5) is 5.69 Å². The fourth-order valence-corrected chi connectivity index (χ4v) is 3.49. The van der Waals surface area contributed by atoms with Crippen molar-refractivity contribution in [2.24, 2.45) is 17.8 Å². The Morgan fingerprint density at radius 2 is 2.05 bits per heavy atom. The molecule has 1 saturated carbocycles. The number of benzene rings is 1. The predicted octanol–water partition coefficient (Wildman–Crippen LogP) is 2.89. The zero-order valence-electron chi connectivity index (χ0n) is 11.3. The van der Waals surface area contributed by atoms with Crippen molar-refractivity contribution in [1.82, 2.24) is 14.8 Å². The Balaban J connectivity index is 1.44. The molecule has 0 spiro atoms. The van der Waals surface area contributed by atoms with Gasteiger partial charge in [0.1, 0.15) is 12.7 Å². The van der Waals surface area contributed by atoms with Crippen LogP contribution < -0.4 is 5.32 Å². The zero-order chi connectivity index (χ0) is 13.4. The maximum Gasteiger partial charge on any atom is 0.123 e. The summed E-state index contributed by atoms with van der Waals surface area (Å²) >= 11 is 0. The molecule has 2 aliphatic carbocycles. The van der Waals surface area contributed by atoms with E-state index in [1.54, 1.807) is 12.7 Å². The van der Waals surface area contributed by atoms with Crippen LogP contribution in [0.1, 0.15) is 12.8 Å². The molecule has 2 aliphatic rings. The molecule has 1 N–H and O–H groups in total. The molecule has 3 atom stereocenters. The summed E-state index contributed by atoms with van der Waals surface area (Å²) in [4.78, 5) is 0. The highest BCUT2D eigenvalue weighted by Crippen LogP contribution is 2.43. The summed E-state index contributed by atoms with van der Waals surface area (Å²) in [5.74, 6) is 2.44. The van der Waals surface area contributed by atoms with E-state index in [9.17, 15) is 0 Å². The molecule has 4 nitrogen and oxygen atoms in total. The molecule has 4 rings (SSSR count). The van der Waals surface area contributed by atoms with Crippen molar-refractivity contribution < 1.29 is 0 Å². The summed E-state index contributed by atoms with van der Waals surface area (Å²) < 4.78 is 1.92. The van der Waals surface area contributed by atoms with Crippen LogP contribution in [0, 0.1) is 17.8 Å². The van der Waals surface area contributed by atoms with E-state index in [4.69, 9.17) is 0 Å². The molecule has 1 heterocycles. The summed E-state index contributed by atoms with van der Waals surface area (Å²) in [6.45, 7) is 1.07. The number of fused-ring (bicyclic) bond motifs is 2. The Bertz CT molecular complexity index is 617. The first kappa shape index (κ1) is 11.7.